The summed E-state index contributed by atoms with van der Waals surface area (Å²) in [7, 11) is 0. The SMILES string of the molecule is CCC(C)C(N)C(=O)Nc1ccccc1O.Cl. The summed E-state index contributed by atoms with van der Waals surface area (Å²) in [6, 6.07) is 6.04. The number of carbonyl (C=O) groups excluding carboxylic acids is 1. The molecule has 0 spiro atoms. The van der Waals surface area contributed by atoms with Crippen LogP contribution in [0.3, 0.4) is 0 Å². The summed E-state index contributed by atoms with van der Waals surface area (Å²) in [5, 5.41) is 12.1. The van der Waals surface area contributed by atoms with Crippen LogP contribution in [0.4, 0.5) is 5.69 Å². The molecule has 0 saturated carbocycles. The van der Waals surface area contributed by atoms with Gasteiger partial charge in [0.05, 0.1) is 11.7 Å². The average molecular weight is 259 g/mol. The predicted molar refractivity (Wildman–Crippen MR) is 71.4 cm³/mol. The summed E-state index contributed by atoms with van der Waals surface area (Å²) >= 11 is 0. The molecular formula is C12H19ClN2O2. The molecular weight excluding hydrogens is 240 g/mol. The molecule has 96 valence electrons. The Morgan fingerprint density at radius 3 is 2.59 bits per heavy atom. The molecule has 0 radical (unpaired) electrons. The van der Waals surface area contributed by atoms with E-state index in [4.69, 9.17) is 5.73 Å². The van der Waals surface area contributed by atoms with E-state index in [1.807, 2.05) is 13.8 Å². The minimum absolute atomic E-state index is 0. The highest BCUT2D eigenvalue weighted by atomic mass is 35.5. The highest BCUT2D eigenvalue weighted by Gasteiger charge is 2.19. The van der Waals surface area contributed by atoms with Gasteiger partial charge in [0.25, 0.3) is 0 Å². The summed E-state index contributed by atoms with van der Waals surface area (Å²) in [5.74, 6) is -0.103. The third-order valence-corrected chi connectivity index (χ3v) is 2.72. The smallest absolute Gasteiger partial charge is 0.241 e. The van der Waals surface area contributed by atoms with Crippen molar-refractivity contribution in [3.8, 4) is 5.75 Å². The number of amides is 1. The van der Waals surface area contributed by atoms with Gasteiger partial charge in [-0.05, 0) is 18.1 Å². The van der Waals surface area contributed by atoms with Gasteiger partial charge in [0.2, 0.25) is 5.91 Å². The van der Waals surface area contributed by atoms with Crippen LogP contribution in [0, 0.1) is 5.92 Å². The van der Waals surface area contributed by atoms with Crippen molar-refractivity contribution in [1.29, 1.82) is 0 Å². The van der Waals surface area contributed by atoms with Gasteiger partial charge in [-0.15, -0.1) is 12.4 Å². The molecule has 0 bridgehead atoms. The van der Waals surface area contributed by atoms with Gasteiger partial charge < -0.3 is 16.2 Å². The van der Waals surface area contributed by atoms with Crippen molar-refractivity contribution in [3.05, 3.63) is 24.3 Å². The molecule has 2 atom stereocenters. The molecule has 5 heteroatoms. The van der Waals surface area contributed by atoms with E-state index in [9.17, 15) is 9.90 Å². The first-order valence-corrected chi connectivity index (χ1v) is 5.40. The quantitative estimate of drug-likeness (QED) is 0.724. The van der Waals surface area contributed by atoms with Crippen LogP contribution < -0.4 is 11.1 Å². The van der Waals surface area contributed by atoms with Gasteiger partial charge in [-0.2, -0.15) is 0 Å². The molecule has 1 aromatic rings. The van der Waals surface area contributed by atoms with Crippen molar-refractivity contribution in [2.75, 3.05) is 5.32 Å². The van der Waals surface area contributed by atoms with Crippen LogP contribution in [0.25, 0.3) is 0 Å². The number of rotatable bonds is 4. The molecule has 0 heterocycles. The van der Waals surface area contributed by atoms with Crippen LogP contribution in [0.2, 0.25) is 0 Å². The van der Waals surface area contributed by atoms with E-state index in [1.165, 1.54) is 6.07 Å². The van der Waals surface area contributed by atoms with Gasteiger partial charge in [-0.1, -0.05) is 32.4 Å². The Kier molecular flexibility index (Phi) is 6.61. The predicted octanol–water partition coefficient (Wildman–Crippen LogP) is 2.13. The number of para-hydroxylation sites is 2. The highest BCUT2D eigenvalue weighted by molar-refractivity contribution is 5.96. The summed E-state index contributed by atoms with van der Waals surface area (Å²) in [6.07, 6.45) is 0.843. The first-order valence-electron chi connectivity index (χ1n) is 5.40. The topological polar surface area (TPSA) is 75.4 Å². The van der Waals surface area contributed by atoms with E-state index < -0.39 is 6.04 Å². The van der Waals surface area contributed by atoms with Crippen LogP contribution >= 0.6 is 12.4 Å². The Morgan fingerprint density at radius 1 is 1.47 bits per heavy atom. The highest BCUT2D eigenvalue weighted by Crippen LogP contribution is 2.22. The molecule has 0 aromatic heterocycles. The van der Waals surface area contributed by atoms with Gasteiger partial charge in [0.15, 0.2) is 0 Å². The summed E-state index contributed by atoms with van der Waals surface area (Å²) in [4.78, 5) is 11.7. The van der Waals surface area contributed by atoms with Crippen LogP contribution in [-0.4, -0.2) is 17.1 Å². The van der Waals surface area contributed by atoms with E-state index in [1.54, 1.807) is 18.2 Å². The molecule has 0 saturated heterocycles. The van der Waals surface area contributed by atoms with E-state index in [0.717, 1.165) is 6.42 Å². The molecule has 1 amide bonds. The minimum Gasteiger partial charge on any atom is -0.506 e. The normalized spacial score (nSPS) is 13.4. The van der Waals surface area contributed by atoms with Gasteiger partial charge in [0, 0.05) is 0 Å². The second-order valence-corrected chi connectivity index (χ2v) is 3.92. The van der Waals surface area contributed by atoms with Crippen LogP contribution in [0.15, 0.2) is 24.3 Å². The number of hydrogen-bond acceptors (Lipinski definition) is 3. The number of hydrogen-bond donors (Lipinski definition) is 3. The van der Waals surface area contributed by atoms with E-state index in [2.05, 4.69) is 5.32 Å². The monoisotopic (exact) mass is 258 g/mol. The fourth-order valence-electron chi connectivity index (χ4n) is 1.31. The summed E-state index contributed by atoms with van der Waals surface area (Å²) < 4.78 is 0. The number of nitrogens with one attached hydrogen (secondary N) is 1. The largest absolute Gasteiger partial charge is 0.506 e. The first kappa shape index (κ1) is 15.7. The van der Waals surface area contributed by atoms with Crippen molar-refractivity contribution in [3.63, 3.8) is 0 Å². The van der Waals surface area contributed by atoms with Crippen molar-refractivity contribution in [1.82, 2.24) is 0 Å². The standard InChI is InChI=1S/C12H18N2O2.ClH/c1-3-8(2)11(13)12(16)14-9-6-4-5-7-10(9)15;/h4-8,11,15H,3,13H2,1-2H3,(H,14,16);1H. The zero-order chi connectivity index (χ0) is 12.1. The summed E-state index contributed by atoms with van der Waals surface area (Å²) in [6.45, 7) is 3.91. The second-order valence-electron chi connectivity index (χ2n) is 3.92. The second kappa shape index (κ2) is 7.14. The molecule has 0 aliphatic carbocycles. The van der Waals surface area contributed by atoms with E-state index >= 15 is 0 Å². The third-order valence-electron chi connectivity index (χ3n) is 2.72. The van der Waals surface area contributed by atoms with E-state index in [-0.39, 0.29) is 30.0 Å². The Morgan fingerprint density at radius 2 is 2.06 bits per heavy atom. The van der Waals surface area contributed by atoms with Crippen molar-refractivity contribution < 1.29 is 9.90 Å². The Bertz CT molecular complexity index is 371. The Hall–Kier alpha value is -1.26. The first-order chi connectivity index (χ1) is 7.56. The van der Waals surface area contributed by atoms with Crippen LogP contribution in [0.5, 0.6) is 5.75 Å². The maximum absolute atomic E-state index is 11.7. The number of halogens is 1. The molecule has 4 N–H and O–H groups in total. The maximum atomic E-state index is 11.7. The Labute approximate surface area is 108 Å². The molecule has 0 fully saturated rings. The maximum Gasteiger partial charge on any atom is 0.241 e. The fourth-order valence-corrected chi connectivity index (χ4v) is 1.31. The lowest BCUT2D eigenvalue weighted by molar-refractivity contribution is -0.118. The number of nitrogens with two attached hydrogens (primary N) is 1. The molecule has 17 heavy (non-hydrogen) atoms. The lowest BCUT2D eigenvalue weighted by Crippen LogP contribution is -2.40. The zero-order valence-corrected chi connectivity index (χ0v) is 10.8. The molecule has 2 unspecified atom stereocenters. The number of benzene rings is 1. The fraction of sp³-hybridized carbons (Fsp3) is 0.417. The van der Waals surface area contributed by atoms with Crippen molar-refractivity contribution >= 4 is 24.0 Å². The minimum atomic E-state index is -0.551. The lowest BCUT2D eigenvalue weighted by atomic mass is 9.99. The van der Waals surface area contributed by atoms with Gasteiger partial charge in [-0.25, -0.2) is 0 Å². The van der Waals surface area contributed by atoms with Crippen molar-refractivity contribution in [2.24, 2.45) is 11.7 Å². The average Bonchev–Trinajstić information content (AvgIpc) is 2.30. The van der Waals surface area contributed by atoms with Crippen LogP contribution in [-0.2, 0) is 4.79 Å². The van der Waals surface area contributed by atoms with Gasteiger partial charge in [0.1, 0.15) is 5.75 Å². The number of anilines is 1. The molecule has 0 aliphatic heterocycles. The lowest BCUT2D eigenvalue weighted by Gasteiger charge is -2.17. The molecule has 4 nitrogen and oxygen atoms in total. The summed E-state index contributed by atoms with van der Waals surface area (Å²) in [5.41, 5.74) is 6.17. The third kappa shape index (κ3) is 4.24. The van der Waals surface area contributed by atoms with E-state index in [0.29, 0.717) is 5.69 Å². The number of carbonyl (C=O) groups is 1. The Balaban J connectivity index is 0.00000256. The number of phenols is 1. The number of phenolic OH excluding ortho intramolecular Hbond substituents is 1. The van der Waals surface area contributed by atoms with Gasteiger partial charge >= 0.3 is 0 Å². The van der Waals surface area contributed by atoms with Gasteiger partial charge in [-0.3, -0.25) is 4.79 Å². The zero-order valence-electron chi connectivity index (χ0n) is 10.0. The van der Waals surface area contributed by atoms with Crippen molar-refractivity contribution in [2.45, 2.75) is 26.3 Å². The number of aromatic hydroxyl groups is 1. The molecule has 0 aliphatic rings. The van der Waals surface area contributed by atoms with Crippen LogP contribution in [0.1, 0.15) is 20.3 Å². The molecule has 1 rings (SSSR count). The molecule has 1 aromatic carbocycles.